The molecule has 1 saturated carbocycles. The van der Waals surface area contributed by atoms with Gasteiger partial charge in [0.05, 0.1) is 17.8 Å². The van der Waals surface area contributed by atoms with Crippen molar-refractivity contribution in [1.29, 1.82) is 0 Å². The molecule has 2 aliphatic rings. The van der Waals surface area contributed by atoms with Gasteiger partial charge in [0.15, 0.2) is 5.82 Å². The fourth-order valence-electron chi connectivity index (χ4n) is 3.00. The Morgan fingerprint density at radius 1 is 1.33 bits per heavy atom. The standard InChI is InChI=1S/C15H22N4O2/c20-11-15(6-4-7-15)18-14(21)17-12-5-3-8-16-13(12)19-9-1-2-10-19/h3,5,8,20H,1-2,4,6-7,9-11H2,(H2,17,18,21). The van der Waals surface area contributed by atoms with E-state index in [1.54, 1.807) is 6.20 Å². The molecule has 6 heteroatoms. The zero-order valence-electron chi connectivity index (χ0n) is 12.1. The molecule has 2 heterocycles. The fourth-order valence-corrected chi connectivity index (χ4v) is 3.00. The Kier molecular flexibility index (Phi) is 3.96. The van der Waals surface area contributed by atoms with E-state index in [1.165, 1.54) is 0 Å². The summed E-state index contributed by atoms with van der Waals surface area (Å²) in [7, 11) is 0. The van der Waals surface area contributed by atoms with E-state index in [-0.39, 0.29) is 12.6 Å². The maximum absolute atomic E-state index is 12.2. The van der Waals surface area contributed by atoms with Crippen molar-refractivity contribution in [3.63, 3.8) is 0 Å². The Hall–Kier alpha value is -1.82. The van der Waals surface area contributed by atoms with Crippen molar-refractivity contribution in [2.24, 2.45) is 0 Å². The molecule has 0 spiro atoms. The number of aromatic nitrogens is 1. The SMILES string of the molecule is O=C(Nc1cccnc1N1CCCC1)NC1(CO)CCC1. The molecule has 0 bridgehead atoms. The first-order valence-electron chi connectivity index (χ1n) is 7.62. The Balaban J connectivity index is 1.68. The van der Waals surface area contributed by atoms with Gasteiger partial charge in [0, 0.05) is 19.3 Å². The van der Waals surface area contributed by atoms with Crippen LogP contribution in [-0.4, -0.2) is 41.4 Å². The maximum Gasteiger partial charge on any atom is 0.319 e. The van der Waals surface area contributed by atoms with Crippen molar-refractivity contribution in [2.75, 3.05) is 29.9 Å². The van der Waals surface area contributed by atoms with Crippen LogP contribution in [0.3, 0.4) is 0 Å². The molecule has 3 rings (SSSR count). The smallest absolute Gasteiger partial charge is 0.319 e. The monoisotopic (exact) mass is 290 g/mol. The summed E-state index contributed by atoms with van der Waals surface area (Å²) in [5, 5.41) is 15.2. The average molecular weight is 290 g/mol. The molecule has 21 heavy (non-hydrogen) atoms. The Morgan fingerprint density at radius 3 is 2.71 bits per heavy atom. The molecule has 2 amide bonds. The normalized spacial score (nSPS) is 20.0. The third kappa shape index (κ3) is 2.95. The zero-order chi connectivity index (χ0) is 14.7. The minimum Gasteiger partial charge on any atom is -0.394 e. The number of amides is 2. The molecule has 2 fully saturated rings. The predicted molar refractivity (Wildman–Crippen MR) is 81.5 cm³/mol. The van der Waals surface area contributed by atoms with Crippen LogP contribution in [0.2, 0.25) is 0 Å². The van der Waals surface area contributed by atoms with Crippen molar-refractivity contribution < 1.29 is 9.90 Å². The van der Waals surface area contributed by atoms with Crippen LogP contribution in [0.15, 0.2) is 18.3 Å². The number of aliphatic hydroxyl groups excluding tert-OH is 1. The first kappa shape index (κ1) is 14.1. The Labute approximate surface area is 124 Å². The lowest BCUT2D eigenvalue weighted by Gasteiger charge is -2.40. The lowest BCUT2D eigenvalue weighted by molar-refractivity contribution is 0.0984. The molecule has 6 nitrogen and oxygen atoms in total. The highest BCUT2D eigenvalue weighted by molar-refractivity contribution is 5.93. The Bertz CT molecular complexity index is 505. The molecule has 1 aromatic rings. The second-order valence-electron chi connectivity index (χ2n) is 5.94. The number of aliphatic hydroxyl groups is 1. The summed E-state index contributed by atoms with van der Waals surface area (Å²) in [6, 6.07) is 3.42. The van der Waals surface area contributed by atoms with Crippen LogP contribution in [0.1, 0.15) is 32.1 Å². The van der Waals surface area contributed by atoms with Crippen molar-refractivity contribution in [2.45, 2.75) is 37.6 Å². The van der Waals surface area contributed by atoms with E-state index in [4.69, 9.17) is 0 Å². The number of rotatable bonds is 4. The van der Waals surface area contributed by atoms with E-state index in [1.807, 2.05) is 12.1 Å². The molecule has 0 radical (unpaired) electrons. The van der Waals surface area contributed by atoms with Crippen LogP contribution in [-0.2, 0) is 0 Å². The lowest BCUT2D eigenvalue weighted by atomic mass is 9.77. The van der Waals surface area contributed by atoms with E-state index in [0.29, 0.717) is 0 Å². The molecule has 0 aromatic carbocycles. The van der Waals surface area contributed by atoms with Crippen LogP contribution < -0.4 is 15.5 Å². The van der Waals surface area contributed by atoms with Gasteiger partial charge in [-0.2, -0.15) is 0 Å². The van der Waals surface area contributed by atoms with Gasteiger partial charge in [0.25, 0.3) is 0 Å². The van der Waals surface area contributed by atoms with Crippen LogP contribution in [0, 0.1) is 0 Å². The molecule has 1 aliphatic heterocycles. The van der Waals surface area contributed by atoms with E-state index in [9.17, 15) is 9.90 Å². The topological polar surface area (TPSA) is 77.5 Å². The molecule has 1 saturated heterocycles. The second kappa shape index (κ2) is 5.89. The summed E-state index contributed by atoms with van der Waals surface area (Å²) < 4.78 is 0. The van der Waals surface area contributed by atoms with Gasteiger partial charge in [-0.05, 0) is 44.2 Å². The van der Waals surface area contributed by atoms with E-state index < -0.39 is 5.54 Å². The van der Waals surface area contributed by atoms with Gasteiger partial charge in [-0.25, -0.2) is 9.78 Å². The third-order valence-electron chi connectivity index (χ3n) is 4.43. The molecule has 114 valence electrons. The minimum absolute atomic E-state index is 0.00750. The number of nitrogens with zero attached hydrogens (tertiary/aromatic N) is 2. The molecule has 1 aliphatic carbocycles. The highest BCUT2D eigenvalue weighted by Crippen LogP contribution is 2.31. The average Bonchev–Trinajstić information content (AvgIpc) is 2.97. The van der Waals surface area contributed by atoms with Crippen LogP contribution >= 0.6 is 0 Å². The maximum atomic E-state index is 12.2. The number of anilines is 2. The number of nitrogens with one attached hydrogen (secondary N) is 2. The predicted octanol–water partition coefficient (Wildman–Crippen LogP) is 1.72. The molecular formula is C15H22N4O2. The van der Waals surface area contributed by atoms with Crippen molar-refractivity contribution in [1.82, 2.24) is 10.3 Å². The zero-order valence-corrected chi connectivity index (χ0v) is 12.1. The summed E-state index contributed by atoms with van der Waals surface area (Å²) >= 11 is 0. The molecule has 0 atom stereocenters. The molecular weight excluding hydrogens is 268 g/mol. The third-order valence-corrected chi connectivity index (χ3v) is 4.43. The van der Waals surface area contributed by atoms with Gasteiger partial charge in [-0.1, -0.05) is 0 Å². The molecule has 1 aromatic heterocycles. The lowest BCUT2D eigenvalue weighted by Crippen LogP contribution is -2.57. The van der Waals surface area contributed by atoms with Crippen molar-refractivity contribution >= 4 is 17.5 Å². The summed E-state index contributed by atoms with van der Waals surface area (Å²) in [6.07, 6.45) is 6.79. The summed E-state index contributed by atoms with van der Waals surface area (Å²) in [5.74, 6) is 0.830. The fraction of sp³-hybridized carbons (Fsp3) is 0.600. The number of pyridine rings is 1. The van der Waals surface area contributed by atoms with E-state index in [0.717, 1.165) is 56.7 Å². The number of carbonyl (C=O) groups is 1. The quantitative estimate of drug-likeness (QED) is 0.789. The number of hydrogen-bond acceptors (Lipinski definition) is 4. The van der Waals surface area contributed by atoms with E-state index in [2.05, 4.69) is 20.5 Å². The molecule has 3 N–H and O–H groups in total. The summed E-state index contributed by atoms with van der Waals surface area (Å²) in [5.41, 5.74) is 0.296. The highest BCUT2D eigenvalue weighted by Gasteiger charge is 2.37. The van der Waals surface area contributed by atoms with E-state index >= 15 is 0 Å². The number of urea groups is 1. The summed E-state index contributed by atoms with van der Waals surface area (Å²) in [4.78, 5) is 18.8. The number of hydrogen-bond donors (Lipinski definition) is 3. The van der Waals surface area contributed by atoms with Gasteiger partial charge in [0.1, 0.15) is 0 Å². The largest absolute Gasteiger partial charge is 0.394 e. The van der Waals surface area contributed by atoms with Gasteiger partial charge < -0.3 is 20.6 Å². The van der Waals surface area contributed by atoms with Crippen molar-refractivity contribution in [3.8, 4) is 0 Å². The minimum atomic E-state index is -0.430. The van der Waals surface area contributed by atoms with Gasteiger partial charge in [-0.3, -0.25) is 0 Å². The first-order chi connectivity index (χ1) is 10.2. The van der Waals surface area contributed by atoms with Crippen LogP contribution in [0.5, 0.6) is 0 Å². The molecule has 0 unspecified atom stereocenters. The second-order valence-corrected chi connectivity index (χ2v) is 5.94. The van der Waals surface area contributed by atoms with Crippen molar-refractivity contribution in [3.05, 3.63) is 18.3 Å². The first-order valence-corrected chi connectivity index (χ1v) is 7.62. The van der Waals surface area contributed by atoms with Gasteiger partial charge in [0.2, 0.25) is 0 Å². The van der Waals surface area contributed by atoms with Gasteiger partial charge >= 0.3 is 6.03 Å². The summed E-state index contributed by atoms with van der Waals surface area (Å²) in [6.45, 7) is 1.95. The highest BCUT2D eigenvalue weighted by atomic mass is 16.3. The van der Waals surface area contributed by atoms with Crippen LogP contribution in [0.4, 0.5) is 16.3 Å². The van der Waals surface area contributed by atoms with Crippen LogP contribution in [0.25, 0.3) is 0 Å². The van der Waals surface area contributed by atoms with Gasteiger partial charge in [-0.15, -0.1) is 0 Å². The number of carbonyl (C=O) groups excluding carboxylic acids is 1. The Morgan fingerprint density at radius 2 is 2.10 bits per heavy atom.